The van der Waals surface area contributed by atoms with Gasteiger partial charge in [-0.1, -0.05) is 43.2 Å². The van der Waals surface area contributed by atoms with E-state index in [1.165, 1.54) is 4.90 Å². The highest BCUT2D eigenvalue weighted by molar-refractivity contribution is 6.34. The number of hydrogen-bond acceptors (Lipinski definition) is 2. The summed E-state index contributed by atoms with van der Waals surface area (Å²) in [5, 5.41) is 0. The van der Waals surface area contributed by atoms with Gasteiger partial charge in [0, 0.05) is 26.7 Å². The first-order valence-electron chi connectivity index (χ1n) is 7.27. The third-order valence-electron chi connectivity index (χ3n) is 3.69. The van der Waals surface area contributed by atoms with Crippen molar-refractivity contribution in [1.82, 2.24) is 9.80 Å². The molecular formula is C16H22N2O2. The largest absolute Gasteiger partial charge is 0.334 e. The zero-order valence-corrected chi connectivity index (χ0v) is 12.0. The van der Waals surface area contributed by atoms with Crippen molar-refractivity contribution < 1.29 is 9.59 Å². The van der Waals surface area contributed by atoms with Gasteiger partial charge in [-0.3, -0.25) is 9.59 Å². The lowest BCUT2D eigenvalue weighted by Crippen LogP contribution is -2.43. The smallest absolute Gasteiger partial charge is 0.312 e. The Morgan fingerprint density at radius 3 is 2.25 bits per heavy atom. The van der Waals surface area contributed by atoms with Gasteiger partial charge in [0.1, 0.15) is 0 Å². The van der Waals surface area contributed by atoms with Crippen molar-refractivity contribution in [2.24, 2.45) is 0 Å². The molecule has 1 aliphatic rings. The molecule has 1 saturated heterocycles. The summed E-state index contributed by atoms with van der Waals surface area (Å²) in [5.74, 6) is -0.763. The monoisotopic (exact) mass is 274 g/mol. The van der Waals surface area contributed by atoms with Crippen LogP contribution in [0.25, 0.3) is 0 Å². The topological polar surface area (TPSA) is 40.6 Å². The molecule has 0 radical (unpaired) electrons. The minimum Gasteiger partial charge on any atom is -0.334 e. The molecule has 0 unspecified atom stereocenters. The standard InChI is InChI=1S/C16H22N2O2/c1-17(13-14-9-5-4-6-10-14)15(19)16(20)18-11-7-2-3-8-12-18/h4-6,9-10H,2-3,7-8,11-13H2,1H3. The second kappa shape index (κ2) is 7.08. The Bertz CT molecular complexity index is 451. The van der Waals surface area contributed by atoms with Crippen LogP contribution in [0.15, 0.2) is 30.3 Å². The number of likely N-dealkylation sites (tertiary alicyclic amines) is 1. The van der Waals surface area contributed by atoms with Crippen LogP contribution < -0.4 is 0 Å². The van der Waals surface area contributed by atoms with Crippen LogP contribution >= 0.6 is 0 Å². The molecule has 0 atom stereocenters. The SMILES string of the molecule is CN(Cc1ccccc1)C(=O)C(=O)N1CCCCCC1. The molecule has 20 heavy (non-hydrogen) atoms. The van der Waals surface area contributed by atoms with Crippen molar-refractivity contribution in [3.05, 3.63) is 35.9 Å². The van der Waals surface area contributed by atoms with E-state index in [0.29, 0.717) is 19.6 Å². The van der Waals surface area contributed by atoms with E-state index in [0.717, 1.165) is 31.2 Å². The molecule has 0 aromatic heterocycles. The Morgan fingerprint density at radius 1 is 1.05 bits per heavy atom. The van der Waals surface area contributed by atoms with E-state index < -0.39 is 5.91 Å². The maximum absolute atomic E-state index is 12.2. The van der Waals surface area contributed by atoms with Crippen LogP contribution in [-0.2, 0) is 16.1 Å². The third-order valence-corrected chi connectivity index (χ3v) is 3.69. The molecule has 0 spiro atoms. The first-order chi connectivity index (χ1) is 9.68. The fraction of sp³-hybridized carbons (Fsp3) is 0.500. The molecule has 0 N–H and O–H groups in total. The number of hydrogen-bond donors (Lipinski definition) is 0. The van der Waals surface area contributed by atoms with Crippen molar-refractivity contribution in [1.29, 1.82) is 0 Å². The maximum atomic E-state index is 12.2. The first-order valence-corrected chi connectivity index (χ1v) is 7.27. The lowest BCUT2D eigenvalue weighted by molar-refractivity contribution is -0.151. The summed E-state index contributed by atoms with van der Waals surface area (Å²) in [6.07, 6.45) is 4.30. The molecule has 1 aliphatic heterocycles. The summed E-state index contributed by atoms with van der Waals surface area (Å²) >= 11 is 0. The molecule has 108 valence electrons. The van der Waals surface area contributed by atoms with E-state index in [9.17, 15) is 9.59 Å². The molecule has 0 aliphatic carbocycles. The molecule has 1 fully saturated rings. The van der Waals surface area contributed by atoms with Gasteiger partial charge in [0.05, 0.1) is 0 Å². The minimum absolute atomic E-state index is 0.356. The molecule has 1 aromatic rings. The van der Waals surface area contributed by atoms with Crippen molar-refractivity contribution in [3.63, 3.8) is 0 Å². The van der Waals surface area contributed by atoms with Gasteiger partial charge >= 0.3 is 11.8 Å². The molecule has 0 saturated carbocycles. The Morgan fingerprint density at radius 2 is 1.65 bits per heavy atom. The zero-order valence-electron chi connectivity index (χ0n) is 12.0. The fourth-order valence-corrected chi connectivity index (χ4v) is 2.50. The lowest BCUT2D eigenvalue weighted by Gasteiger charge is -2.23. The van der Waals surface area contributed by atoms with Crippen molar-refractivity contribution >= 4 is 11.8 Å². The van der Waals surface area contributed by atoms with Gasteiger partial charge in [-0.2, -0.15) is 0 Å². The summed E-state index contributed by atoms with van der Waals surface area (Å²) in [7, 11) is 1.69. The second-order valence-corrected chi connectivity index (χ2v) is 5.35. The van der Waals surface area contributed by atoms with Gasteiger partial charge in [-0.25, -0.2) is 0 Å². The molecule has 2 rings (SSSR count). The predicted octanol–water partition coefficient (Wildman–Crippen LogP) is 2.05. The molecule has 4 heteroatoms. The molecule has 2 amide bonds. The summed E-state index contributed by atoms with van der Waals surface area (Å²) in [6, 6.07) is 9.72. The Hall–Kier alpha value is -1.84. The minimum atomic E-state index is -0.407. The van der Waals surface area contributed by atoms with Gasteiger partial charge in [0.15, 0.2) is 0 Å². The molecular weight excluding hydrogens is 252 g/mol. The van der Waals surface area contributed by atoms with E-state index in [1.807, 2.05) is 30.3 Å². The fourth-order valence-electron chi connectivity index (χ4n) is 2.50. The van der Waals surface area contributed by atoms with Crippen LogP contribution in [0.2, 0.25) is 0 Å². The summed E-state index contributed by atoms with van der Waals surface area (Å²) < 4.78 is 0. The molecule has 4 nitrogen and oxygen atoms in total. The van der Waals surface area contributed by atoms with Crippen LogP contribution in [0, 0.1) is 0 Å². The average molecular weight is 274 g/mol. The Kier molecular flexibility index (Phi) is 5.16. The maximum Gasteiger partial charge on any atom is 0.312 e. The normalized spacial score (nSPS) is 15.6. The van der Waals surface area contributed by atoms with Crippen LogP contribution in [0.1, 0.15) is 31.2 Å². The molecule has 1 heterocycles. The number of nitrogens with zero attached hydrogens (tertiary/aromatic N) is 2. The number of carbonyl (C=O) groups excluding carboxylic acids is 2. The Balaban J connectivity index is 1.93. The average Bonchev–Trinajstić information content (AvgIpc) is 2.75. The van der Waals surface area contributed by atoms with Crippen LogP contribution in [0.5, 0.6) is 0 Å². The number of benzene rings is 1. The van der Waals surface area contributed by atoms with Crippen LogP contribution in [0.3, 0.4) is 0 Å². The van der Waals surface area contributed by atoms with Gasteiger partial charge < -0.3 is 9.80 Å². The van der Waals surface area contributed by atoms with Gasteiger partial charge in [0.25, 0.3) is 0 Å². The van der Waals surface area contributed by atoms with Gasteiger partial charge in [-0.05, 0) is 18.4 Å². The number of carbonyl (C=O) groups is 2. The van der Waals surface area contributed by atoms with Crippen molar-refractivity contribution in [2.45, 2.75) is 32.2 Å². The third kappa shape index (κ3) is 3.83. The highest BCUT2D eigenvalue weighted by Crippen LogP contribution is 2.11. The highest BCUT2D eigenvalue weighted by Gasteiger charge is 2.25. The highest BCUT2D eigenvalue weighted by atomic mass is 16.2. The summed E-state index contributed by atoms with van der Waals surface area (Å²) in [5.41, 5.74) is 1.03. The first kappa shape index (κ1) is 14.6. The van der Waals surface area contributed by atoms with E-state index >= 15 is 0 Å². The lowest BCUT2D eigenvalue weighted by atomic mass is 10.2. The van der Waals surface area contributed by atoms with E-state index in [1.54, 1.807) is 11.9 Å². The van der Waals surface area contributed by atoms with Gasteiger partial charge in [-0.15, -0.1) is 0 Å². The van der Waals surface area contributed by atoms with Crippen molar-refractivity contribution in [2.75, 3.05) is 20.1 Å². The predicted molar refractivity (Wildman–Crippen MR) is 78.0 cm³/mol. The van der Waals surface area contributed by atoms with Crippen molar-refractivity contribution in [3.8, 4) is 0 Å². The number of rotatable bonds is 2. The molecule has 0 bridgehead atoms. The zero-order chi connectivity index (χ0) is 14.4. The van der Waals surface area contributed by atoms with E-state index in [2.05, 4.69) is 0 Å². The summed E-state index contributed by atoms with van der Waals surface area (Å²) in [4.78, 5) is 27.6. The van der Waals surface area contributed by atoms with E-state index in [4.69, 9.17) is 0 Å². The van der Waals surface area contributed by atoms with Crippen LogP contribution in [0.4, 0.5) is 0 Å². The Labute approximate surface area is 120 Å². The number of amides is 2. The second-order valence-electron chi connectivity index (χ2n) is 5.35. The van der Waals surface area contributed by atoms with Crippen LogP contribution in [-0.4, -0.2) is 41.8 Å². The quantitative estimate of drug-likeness (QED) is 0.774. The number of likely N-dealkylation sites (N-methyl/N-ethyl adjacent to an activating group) is 1. The van der Waals surface area contributed by atoms with E-state index in [-0.39, 0.29) is 5.91 Å². The van der Waals surface area contributed by atoms with Gasteiger partial charge in [0.2, 0.25) is 0 Å². The summed E-state index contributed by atoms with van der Waals surface area (Å²) in [6.45, 7) is 1.90. The molecule has 1 aromatic carbocycles.